The number of carbonyl (C=O) groups is 3. The zero-order chi connectivity index (χ0) is 13.5. The Bertz CT molecular complexity index is 475. The van der Waals surface area contributed by atoms with E-state index in [2.05, 4.69) is 15.6 Å². The van der Waals surface area contributed by atoms with Crippen LogP contribution in [0.3, 0.4) is 0 Å². The van der Waals surface area contributed by atoms with E-state index in [4.69, 9.17) is 10.8 Å². The molecule has 1 rings (SSSR count). The number of aromatic nitrogens is 1. The summed E-state index contributed by atoms with van der Waals surface area (Å²) in [5, 5.41) is 12.7. The fourth-order valence-corrected chi connectivity index (χ4v) is 1.09. The highest BCUT2D eigenvalue weighted by molar-refractivity contribution is 5.98. The van der Waals surface area contributed by atoms with Crippen LogP contribution in [0.15, 0.2) is 18.3 Å². The third-order valence-electron chi connectivity index (χ3n) is 1.90. The van der Waals surface area contributed by atoms with Crippen LogP contribution >= 0.6 is 0 Å². The maximum atomic E-state index is 11.6. The van der Waals surface area contributed by atoms with E-state index in [0.717, 1.165) is 0 Å². The van der Waals surface area contributed by atoms with Crippen molar-refractivity contribution in [3.05, 3.63) is 24.0 Å². The number of anilines is 1. The van der Waals surface area contributed by atoms with Gasteiger partial charge in [0, 0.05) is 6.20 Å². The second-order valence-corrected chi connectivity index (χ2v) is 3.29. The standard InChI is InChI=1S/C10H12N4O4/c11-6-2-1-3-12-9(6)10(18)14-4-7(15)13-5-8(16)17/h1-3H,4-5,11H2,(H,13,15)(H,14,18)(H,16,17). The van der Waals surface area contributed by atoms with E-state index in [-0.39, 0.29) is 17.9 Å². The van der Waals surface area contributed by atoms with Gasteiger partial charge in [0.2, 0.25) is 5.91 Å². The van der Waals surface area contributed by atoms with Crippen molar-refractivity contribution in [1.82, 2.24) is 15.6 Å². The molecule has 0 bridgehead atoms. The molecule has 1 heterocycles. The van der Waals surface area contributed by atoms with Gasteiger partial charge in [0.25, 0.3) is 5.91 Å². The van der Waals surface area contributed by atoms with E-state index in [1.54, 1.807) is 6.07 Å². The first kappa shape index (κ1) is 13.4. The van der Waals surface area contributed by atoms with Crippen molar-refractivity contribution in [3.63, 3.8) is 0 Å². The highest BCUT2D eigenvalue weighted by atomic mass is 16.4. The summed E-state index contributed by atoms with van der Waals surface area (Å²) in [5.74, 6) is -2.37. The van der Waals surface area contributed by atoms with Crippen LogP contribution < -0.4 is 16.4 Å². The van der Waals surface area contributed by atoms with Gasteiger partial charge in [-0.1, -0.05) is 0 Å². The van der Waals surface area contributed by atoms with Gasteiger partial charge in [0.05, 0.1) is 12.2 Å². The summed E-state index contributed by atoms with van der Waals surface area (Å²) in [6.07, 6.45) is 1.40. The molecule has 0 aliphatic carbocycles. The molecule has 0 aliphatic rings. The lowest BCUT2D eigenvalue weighted by Crippen LogP contribution is -2.39. The third-order valence-corrected chi connectivity index (χ3v) is 1.90. The van der Waals surface area contributed by atoms with E-state index >= 15 is 0 Å². The molecule has 0 aromatic carbocycles. The predicted octanol–water partition coefficient (Wildman–Crippen LogP) is -1.41. The van der Waals surface area contributed by atoms with Crippen LogP contribution in [-0.2, 0) is 9.59 Å². The Balaban J connectivity index is 2.45. The SMILES string of the molecule is Nc1cccnc1C(=O)NCC(=O)NCC(=O)O. The highest BCUT2D eigenvalue weighted by Crippen LogP contribution is 2.05. The van der Waals surface area contributed by atoms with E-state index in [1.165, 1.54) is 12.3 Å². The van der Waals surface area contributed by atoms with Crippen LogP contribution in [0.25, 0.3) is 0 Å². The maximum Gasteiger partial charge on any atom is 0.322 e. The Morgan fingerprint density at radius 1 is 1.28 bits per heavy atom. The molecule has 1 aromatic rings. The molecule has 8 nitrogen and oxygen atoms in total. The molecule has 1 aromatic heterocycles. The van der Waals surface area contributed by atoms with Crippen molar-refractivity contribution < 1.29 is 19.5 Å². The molecule has 0 spiro atoms. The molecular formula is C10H12N4O4. The largest absolute Gasteiger partial charge is 0.480 e. The summed E-state index contributed by atoms with van der Waals surface area (Å²) in [4.78, 5) is 36.6. The van der Waals surface area contributed by atoms with Gasteiger partial charge in [-0.05, 0) is 12.1 Å². The van der Waals surface area contributed by atoms with Gasteiger partial charge in [-0.15, -0.1) is 0 Å². The van der Waals surface area contributed by atoms with Crippen LogP contribution in [0.5, 0.6) is 0 Å². The van der Waals surface area contributed by atoms with Gasteiger partial charge in [-0.25, -0.2) is 4.98 Å². The van der Waals surface area contributed by atoms with E-state index < -0.39 is 24.3 Å². The van der Waals surface area contributed by atoms with Crippen LogP contribution in [0.2, 0.25) is 0 Å². The van der Waals surface area contributed by atoms with Gasteiger partial charge >= 0.3 is 5.97 Å². The number of nitrogens with zero attached hydrogens (tertiary/aromatic N) is 1. The number of carbonyl (C=O) groups excluding carboxylic acids is 2. The summed E-state index contributed by atoms with van der Waals surface area (Å²) in [5.41, 5.74) is 5.74. The smallest absolute Gasteiger partial charge is 0.322 e. The number of nitrogens with two attached hydrogens (primary N) is 1. The number of aliphatic carboxylic acids is 1. The quantitative estimate of drug-likeness (QED) is 0.508. The van der Waals surface area contributed by atoms with Gasteiger partial charge in [0.15, 0.2) is 5.69 Å². The predicted molar refractivity (Wildman–Crippen MR) is 61.6 cm³/mol. The first-order chi connectivity index (χ1) is 8.50. The number of rotatable bonds is 5. The molecule has 0 aliphatic heterocycles. The van der Waals surface area contributed by atoms with Crippen molar-refractivity contribution in [1.29, 1.82) is 0 Å². The lowest BCUT2D eigenvalue weighted by molar-refractivity contribution is -0.137. The van der Waals surface area contributed by atoms with Gasteiger partial charge in [-0.3, -0.25) is 14.4 Å². The van der Waals surface area contributed by atoms with E-state index in [9.17, 15) is 14.4 Å². The fourth-order valence-electron chi connectivity index (χ4n) is 1.09. The first-order valence-corrected chi connectivity index (χ1v) is 4.98. The average molecular weight is 252 g/mol. The number of amides is 2. The number of hydrogen-bond donors (Lipinski definition) is 4. The first-order valence-electron chi connectivity index (χ1n) is 4.98. The Labute approximate surface area is 102 Å². The molecule has 8 heteroatoms. The minimum Gasteiger partial charge on any atom is -0.480 e. The Kier molecular flexibility index (Phi) is 4.61. The molecule has 0 unspecified atom stereocenters. The monoisotopic (exact) mass is 252 g/mol. The molecule has 0 saturated carbocycles. The van der Waals surface area contributed by atoms with Crippen LogP contribution in [-0.4, -0.2) is 41.0 Å². The minimum absolute atomic E-state index is 0.0172. The molecule has 0 atom stereocenters. The molecule has 96 valence electrons. The van der Waals surface area contributed by atoms with Crippen LogP contribution in [0.1, 0.15) is 10.5 Å². The Morgan fingerprint density at radius 2 is 2.00 bits per heavy atom. The highest BCUT2D eigenvalue weighted by Gasteiger charge is 2.12. The summed E-state index contributed by atoms with van der Waals surface area (Å²) >= 11 is 0. The zero-order valence-corrected chi connectivity index (χ0v) is 9.34. The number of carboxylic acids is 1. The summed E-state index contributed by atoms with van der Waals surface area (Å²) in [6.45, 7) is -0.845. The molecule has 18 heavy (non-hydrogen) atoms. The lowest BCUT2D eigenvalue weighted by atomic mass is 10.3. The Morgan fingerprint density at radius 3 is 2.61 bits per heavy atom. The molecule has 0 saturated heterocycles. The van der Waals surface area contributed by atoms with Crippen molar-refractivity contribution in [2.75, 3.05) is 18.8 Å². The number of nitrogen functional groups attached to an aromatic ring is 1. The van der Waals surface area contributed by atoms with Gasteiger partial charge in [0.1, 0.15) is 6.54 Å². The second-order valence-electron chi connectivity index (χ2n) is 3.29. The number of pyridine rings is 1. The number of carboxylic acid groups (broad SMARTS) is 1. The molecule has 2 amide bonds. The zero-order valence-electron chi connectivity index (χ0n) is 9.34. The topological polar surface area (TPSA) is 134 Å². The summed E-state index contributed by atoms with van der Waals surface area (Å²) in [7, 11) is 0. The lowest BCUT2D eigenvalue weighted by Gasteiger charge is -2.06. The average Bonchev–Trinajstić information content (AvgIpc) is 2.34. The van der Waals surface area contributed by atoms with Gasteiger partial charge < -0.3 is 21.5 Å². The van der Waals surface area contributed by atoms with E-state index in [0.29, 0.717) is 0 Å². The number of nitrogens with one attached hydrogen (secondary N) is 2. The second kappa shape index (κ2) is 6.18. The van der Waals surface area contributed by atoms with Crippen molar-refractivity contribution in [2.24, 2.45) is 0 Å². The van der Waals surface area contributed by atoms with Crippen LogP contribution in [0, 0.1) is 0 Å². The van der Waals surface area contributed by atoms with E-state index in [1.807, 2.05) is 0 Å². The fraction of sp³-hybridized carbons (Fsp3) is 0.200. The summed E-state index contributed by atoms with van der Waals surface area (Å²) < 4.78 is 0. The van der Waals surface area contributed by atoms with Crippen molar-refractivity contribution in [2.45, 2.75) is 0 Å². The maximum absolute atomic E-state index is 11.6. The molecule has 0 fully saturated rings. The van der Waals surface area contributed by atoms with Crippen molar-refractivity contribution in [3.8, 4) is 0 Å². The normalized spacial score (nSPS) is 9.56. The Hall–Kier alpha value is -2.64. The minimum atomic E-state index is -1.16. The van der Waals surface area contributed by atoms with Crippen LogP contribution in [0.4, 0.5) is 5.69 Å². The molecule has 0 radical (unpaired) electrons. The van der Waals surface area contributed by atoms with Gasteiger partial charge in [-0.2, -0.15) is 0 Å². The third kappa shape index (κ3) is 4.08. The van der Waals surface area contributed by atoms with Crippen molar-refractivity contribution >= 4 is 23.5 Å². The summed E-state index contributed by atoms with van der Waals surface area (Å²) in [6, 6.07) is 3.08. The molecular weight excluding hydrogens is 240 g/mol. The number of hydrogen-bond acceptors (Lipinski definition) is 5. The molecule has 5 N–H and O–H groups in total.